The second kappa shape index (κ2) is 6.73. The monoisotopic (exact) mass is 283 g/mol. The summed E-state index contributed by atoms with van der Waals surface area (Å²) in [5.41, 5.74) is 0.114. The maximum absolute atomic E-state index is 12.3. The fourth-order valence-electron chi connectivity index (χ4n) is 2.26. The topological polar surface area (TPSA) is 56.4 Å². The maximum atomic E-state index is 12.3. The Kier molecular flexibility index (Phi) is 4.99. The van der Waals surface area contributed by atoms with Crippen LogP contribution in [0.1, 0.15) is 16.9 Å². The predicted octanol–water partition coefficient (Wildman–Crippen LogP) is 0.762. The number of carbonyl (C=O) groups excluding carboxylic acids is 1. The van der Waals surface area contributed by atoms with E-state index in [1.165, 1.54) is 6.07 Å². The minimum atomic E-state index is -0.246. The molecule has 1 aromatic rings. The number of alkyl halides is 1. The van der Waals surface area contributed by atoms with E-state index in [1.807, 2.05) is 0 Å². The van der Waals surface area contributed by atoms with Crippen molar-refractivity contribution in [3.63, 3.8) is 0 Å². The number of hydrogen-bond donors (Lipinski definition) is 1. The quantitative estimate of drug-likeness (QED) is 0.834. The molecule has 1 N–H and O–H groups in total. The SMILES string of the molecule is O=C(c1cccc(=O)[nH]1)N1CCCN(CCCl)CC1. The number of pyridine rings is 1. The van der Waals surface area contributed by atoms with Gasteiger partial charge in [-0.05, 0) is 19.0 Å². The van der Waals surface area contributed by atoms with E-state index >= 15 is 0 Å². The lowest BCUT2D eigenvalue weighted by atomic mass is 10.3. The molecule has 1 amide bonds. The molecule has 2 rings (SSSR count). The lowest BCUT2D eigenvalue weighted by Crippen LogP contribution is -2.36. The third kappa shape index (κ3) is 3.81. The third-order valence-electron chi connectivity index (χ3n) is 3.28. The lowest BCUT2D eigenvalue weighted by Gasteiger charge is -2.21. The van der Waals surface area contributed by atoms with Crippen LogP contribution in [-0.2, 0) is 0 Å². The Labute approximate surface area is 117 Å². The molecule has 1 fully saturated rings. The second-order valence-electron chi connectivity index (χ2n) is 4.61. The Hall–Kier alpha value is -1.33. The number of aromatic nitrogens is 1. The molecule has 0 atom stereocenters. The molecule has 19 heavy (non-hydrogen) atoms. The van der Waals surface area contributed by atoms with Crippen molar-refractivity contribution in [1.29, 1.82) is 0 Å². The van der Waals surface area contributed by atoms with Gasteiger partial charge >= 0.3 is 0 Å². The zero-order chi connectivity index (χ0) is 13.7. The largest absolute Gasteiger partial charge is 0.336 e. The highest BCUT2D eigenvalue weighted by Gasteiger charge is 2.20. The predicted molar refractivity (Wildman–Crippen MR) is 74.7 cm³/mol. The number of aromatic amines is 1. The van der Waals surface area contributed by atoms with Gasteiger partial charge in [0.15, 0.2) is 0 Å². The summed E-state index contributed by atoms with van der Waals surface area (Å²) in [6.07, 6.45) is 0.930. The van der Waals surface area contributed by atoms with Crippen LogP contribution in [-0.4, -0.2) is 59.3 Å². The first-order chi connectivity index (χ1) is 9.20. The van der Waals surface area contributed by atoms with Crippen LogP contribution < -0.4 is 5.56 Å². The molecule has 1 saturated heterocycles. The van der Waals surface area contributed by atoms with Gasteiger partial charge in [0.05, 0.1) is 0 Å². The molecule has 0 spiro atoms. The van der Waals surface area contributed by atoms with Gasteiger partial charge in [0, 0.05) is 38.1 Å². The Morgan fingerprint density at radius 3 is 2.84 bits per heavy atom. The summed E-state index contributed by atoms with van der Waals surface area (Å²) in [6, 6.07) is 4.65. The van der Waals surface area contributed by atoms with E-state index in [0.29, 0.717) is 24.7 Å². The van der Waals surface area contributed by atoms with E-state index < -0.39 is 0 Å². The molecule has 0 bridgehead atoms. The zero-order valence-electron chi connectivity index (χ0n) is 10.8. The van der Waals surface area contributed by atoms with Gasteiger partial charge in [-0.25, -0.2) is 0 Å². The van der Waals surface area contributed by atoms with Crippen molar-refractivity contribution in [2.24, 2.45) is 0 Å². The van der Waals surface area contributed by atoms with Crippen LogP contribution in [0.5, 0.6) is 0 Å². The minimum absolute atomic E-state index is 0.106. The highest BCUT2D eigenvalue weighted by atomic mass is 35.5. The van der Waals surface area contributed by atoms with E-state index in [2.05, 4.69) is 9.88 Å². The molecule has 0 unspecified atom stereocenters. The molecular weight excluding hydrogens is 266 g/mol. The highest BCUT2D eigenvalue weighted by molar-refractivity contribution is 6.18. The Morgan fingerprint density at radius 1 is 1.26 bits per heavy atom. The van der Waals surface area contributed by atoms with Crippen molar-refractivity contribution >= 4 is 17.5 Å². The van der Waals surface area contributed by atoms with Gasteiger partial charge in [0.1, 0.15) is 5.69 Å². The van der Waals surface area contributed by atoms with Crippen molar-refractivity contribution < 1.29 is 4.79 Å². The number of nitrogens with one attached hydrogen (secondary N) is 1. The van der Waals surface area contributed by atoms with Crippen LogP contribution in [0, 0.1) is 0 Å². The van der Waals surface area contributed by atoms with Gasteiger partial charge in [-0.1, -0.05) is 6.07 Å². The van der Waals surface area contributed by atoms with Crippen LogP contribution in [0.25, 0.3) is 0 Å². The lowest BCUT2D eigenvalue weighted by molar-refractivity contribution is 0.0755. The van der Waals surface area contributed by atoms with Gasteiger partial charge in [0.2, 0.25) is 5.56 Å². The molecule has 6 heteroatoms. The standard InChI is InChI=1S/C13H18ClN3O2/c14-5-8-16-6-2-7-17(10-9-16)13(19)11-3-1-4-12(18)15-11/h1,3-4H,2,5-10H2,(H,15,18). The van der Waals surface area contributed by atoms with Gasteiger partial charge in [0.25, 0.3) is 5.91 Å². The van der Waals surface area contributed by atoms with E-state index in [0.717, 1.165) is 26.1 Å². The summed E-state index contributed by atoms with van der Waals surface area (Å²) in [5, 5.41) is 0. The van der Waals surface area contributed by atoms with E-state index in [9.17, 15) is 9.59 Å². The summed E-state index contributed by atoms with van der Waals surface area (Å²) in [4.78, 5) is 30.1. The Balaban J connectivity index is 2.02. The first kappa shape index (κ1) is 14.1. The molecule has 1 aromatic heterocycles. The highest BCUT2D eigenvalue weighted by Crippen LogP contribution is 2.07. The summed E-state index contributed by atoms with van der Waals surface area (Å²) in [5.74, 6) is 0.505. The van der Waals surface area contributed by atoms with Crippen LogP contribution in [0.4, 0.5) is 0 Å². The molecule has 5 nitrogen and oxygen atoms in total. The molecule has 1 aliphatic rings. The van der Waals surface area contributed by atoms with E-state index in [1.54, 1.807) is 17.0 Å². The van der Waals surface area contributed by atoms with Crippen molar-refractivity contribution in [3.8, 4) is 0 Å². The molecule has 0 aromatic carbocycles. The first-order valence-electron chi connectivity index (χ1n) is 6.47. The Bertz CT molecular complexity index is 489. The van der Waals surface area contributed by atoms with E-state index in [-0.39, 0.29) is 11.5 Å². The average Bonchev–Trinajstić information content (AvgIpc) is 2.64. The van der Waals surface area contributed by atoms with Crippen molar-refractivity contribution in [1.82, 2.24) is 14.8 Å². The van der Waals surface area contributed by atoms with Gasteiger partial charge < -0.3 is 14.8 Å². The molecule has 1 aliphatic heterocycles. The summed E-state index contributed by atoms with van der Waals surface area (Å²) >= 11 is 5.74. The van der Waals surface area contributed by atoms with Crippen LogP contribution in [0.3, 0.4) is 0 Å². The number of halogens is 1. The van der Waals surface area contributed by atoms with Gasteiger partial charge in [-0.2, -0.15) is 0 Å². The third-order valence-corrected chi connectivity index (χ3v) is 3.44. The summed E-state index contributed by atoms with van der Waals surface area (Å²) in [6.45, 7) is 4.03. The summed E-state index contributed by atoms with van der Waals surface area (Å²) < 4.78 is 0. The Morgan fingerprint density at radius 2 is 2.11 bits per heavy atom. The number of hydrogen-bond acceptors (Lipinski definition) is 3. The fraction of sp³-hybridized carbons (Fsp3) is 0.538. The maximum Gasteiger partial charge on any atom is 0.270 e. The number of amides is 1. The summed E-state index contributed by atoms with van der Waals surface area (Å²) in [7, 11) is 0. The van der Waals surface area contributed by atoms with Gasteiger partial charge in [-0.15, -0.1) is 11.6 Å². The number of nitrogens with zero attached hydrogens (tertiary/aromatic N) is 2. The average molecular weight is 284 g/mol. The first-order valence-corrected chi connectivity index (χ1v) is 7.01. The second-order valence-corrected chi connectivity index (χ2v) is 4.98. The zero-order valence-corrected chi connectivity index (χ0v) is 11.5. The van der Waals surface area contributed by atoms with Crippen LogP contribution in [0.2, 0.25) is 0 Å². The fourth-order valence-corrected chi connectivity index (χ4v) is 2.50. The normalized spacial score (nSPS) is 17.2. The molecule has 0 saturated carbocycles. The van der Waals surface area contributed by atoms with Crippen LogP contribution in [0.15, 0.2) is 23.0 Å². The van der Waals surface area contributed by atoms with Crippen molar-refractivity contribution in [2.45, 2.75) is 6.42 Å². The van der Waals surface area contributed by atoms with Crippen LogP contribution >= 0.6 is 11.6 Å². The number of H-pyrrole nitrogens is 1. The van der Waals surface area contributed by atoms with Crippen molar-refractivity contribution in [2.75, 3.05) is 38.6 Å². The molecule has 0 aliphatic carbocycles. The molecule has 104 valence electrons. The van der Waals surface area contributed by atoms with E-state index in [4.69, 9.17) is 11.6 Å². The number of carbonyl (C=O) groups is 1. The minimum Gasteiger partial charge on any atom is -0.336 e. The molecule has 0 radical (unpaired) electrons. The smallest absolute Gasteiger partial charge is 0.270 e. The van der Waals surface area contributed by atoms with Gasteiger partial charge in [-0.3, -0.25) is 9.59 Å². The number of rotatable bonds is 3. The molecular formula is C13H18ClN3O2. The van der Waals surface area contributed by atoms with Crippen molar-refractivity contribution in [3.05, 3.63) is 34.2 Å². The molecule has 2 heterocycles.